The normalized spacial score (nSPS) is 44.2. The zero-order valence-electron chi connectivity index (χ0n) is 10.8. The zero-order chi connectivity index (χ0) is 10.9. The van der Waals surface area contributed by atoms with Gasteiger partial charge < -0.3 is 0 Å². The molecule has 1 aliphatic carbocycles. The Morgan fingerprint density at radius 2 is 1.47 bits per heavy atom. The molecule has 0 radical (unpaired) electrons. The molecule has 2 aliphatic rings. The molecule has 1 heterocycles. The molecule has 2 rings (SSSR count). The summed E-state index contributed by atoms with van der Waals surface area (Å²) in [5.41, 5.74) is 0.525. The molecule has 0 aromatic heterocycles. The average Bonchev–Trinajstić information content (AvgIpc) is 2.17. The SMILES string of the molecule is C[C@@H]1C[C@H](C)C[C@@](C)(N2CCCCC2)C1. The van der Waals surface area contributed by atoms with E-state index in [1.807, 2.05) is 0 Å². The molecule has 0 bridgehead atoms. The van der Waals surface area contributed by atoms with Crippen molar-refractivity contribution in [3.8, 4) is 0 Å². The Hall–Kier alpha value is -0.0400. The molecule has 3 atom stereocenters. The highest BCUT2D eigenvalue weighted by Gasteiger charge is 2.38. The third kappa shape index (κ3) is 2.55. The topological polar surface area (TPSA) is 3.24 Å². The number of piperidine rings is 1. The molecule has 15 heavy (non-hydrogen) atoms. The highest BCUT2D eigenvalue weighted by Crippen LogP contribution is 2.40. The fourth-order valence-corrected chi connectivity index (χ4v) is 4.13. The Morgan fingerprint density at radius 1 is 0.933 bits per heavy atom. The van der Waals surface area contributed by atoms with E-state index in [2.05, 4.69) is 25.7 Å². The second kappa shape index (κ2) is 4.45. The van der Waals surface area contributed by atoms with Gasteiger partial charge in [-0.3, -0.25) is 4.90 Å². The molecule has 0 N–H and O–H groups in total. The van der Waals surface area contributed by atoms with Gasteiger partial charge in [0, 0.05) is 5.54 Å². The van der Waals surface area contributed by atoms with Crippen molar-refractivity contribution < 1.29 is 0 Å². The van der Waals surface area contributed by atoms with E-state index in [0.29, 0.717) is 5.54 Å². The smallest absolute Gasteiger partial charge is 0.0186 e. The first-order valence-corrected chi connectivity index (χ1v) is 6.85. The van der Waals surface area contributed by atoms with Gasteiger partial charge in [0.25, 0.3) is 0 Å². The first-order valence-electron chi connectivity index (χ1n) is 6.85. The maximum atomic E-state index is 2.79. The molecule has 1 saturated carbocycles. The number of hydrogen-bond acceptors (Lipinski definition) is 1. The molecule has 1 saturated heterocycles. The Morgan fingerprint density at radius 3 is 2.00 bits per heavy atom. The van der Waals surface area contributed by atoms with Gasteiger partial charge in [-0.1, -0.05) is 20.3 Å². The van der Waals surface area contributed by atoms with Gasteiger partial charge in [-0.2, -0.15) is 0 Å². The standard InChI is InChI=1S/C14H27N/c1-12-9-13(2)11-14(3,10-12)15-7-5-4-6-8-15/h12-13H,4-11H2,1-3H3/t12-,13+,14+. The largest absolute Gasteiger partial charge is 0.298 e. The maximum Gasteiger partial charge on any atom is 0.0186 e. The quantitative estimate of drug-likeness (QED) is 0.636. The van der Waals surface area contributed by atoms with Gasteiger partial charge in [0.1, 0.15) is 0 Å². The van der Waals surface area contributed by atoms with Crippen LogP contribution in [0.4, 0.5) is 0 Å². The van der Waals surface area contributed by atoms with Crippen LogP contribution in [0.2, 0.25) is 0 Å². The second-order valence-corrected chi connectivity index (χ2v) is 6.40. The monoisotopic (exact) mass is 209 g/mol. The number of rotatable bonds is 1. The minimum absolute atomic E-state index is 0.525. The lowest BCUT2D eigenvalue weighted by atomic mass is 9.71. The third-order valence-electron chi connectivity index (χ3n) is 4.50. The van der Waals surface area contributed by atoms with Crippen molar-refractivity contribution in [3.05, 3.63) is 0 Å². The van der Waals surface area contributed by atoms with E-state index in [4.69, 9.17) is 0 Å². The van der Waals surface area contributed by atoms with E-state index in [1.54, 1.807) is 0 Å². The van der Waals surface area contributed by atoms with Crippen LogP contribution >= 0.6 is 0 Å². The Labute approximate surface area is 95.2 Å². The fourth-order valence-electron chi connectivity index (χ4n) is 4.13. The van der Waals surface area contributed by atoms with Crippen LogP contribution in [0, 0.1) is 11.8 Å². The predicted molar refractivity (Wildman–Crippen MR) is 66.0 cm³/mol. The van der Waals surface area contributed by atoms with Gasteiger partial charge in [0.15, 0.2) is 0 Å². The van der Waals surface area contributed by atoms with Gasteiger partial charge in [-0.05, 0) is 64.0 Å². The lowest BCUT2D eigenvalue weighted by Crippen LogP contribution is -2.52. The van der Waals surface area contributed by atoms with Gasteiger partial charge >= 0.3 is 0 Å². The van der Waals surface area contributed by atoms with Crippen LogP contribution in [0.1, 0.15) is 59.3 Å². The summed E-state index contributed by atoms with van der Waals surface area (Å²) in [4.78, 5) is 2.79. The van der Waals surface area contributed by atoms with E-state index in [9.17, 15) is 0 Å². The van der Waals surface area contributed by atoms with Crippen molar-refractivity contribution in [2.45, 2.75) is 64.8 Å². The Bertz CT molecular complexity index is 195. The molecular formula is C14H27N. The predicted octanol–water partition coefficient (Wildman–Crippen LogP) is 3.69. The van der Waals surface area contributed by atoms with Crippen molar-refractivity contribution in [1.29, 1.82) is 0 Å². The number of nitrogens with zero attached hydrogens (tertiary/aromatic N) is 1. The first-order chi connectivity index (χ1) is 7.10. The summed E-state index contributed by atoms with van der Waals surface area (Å²) in [6.45, 7) is 10.1. The van der Waals surface area contributed by atoms with Crippen molar-refractivity contribution in [3.63, 3.8) is 0 Å². The number of likely N-dealkylation sites (tertiary alicyclic amines) is 1. The Kier molecular flexibility index (Phi) is 3.39. The van der Waals surface area contributed by atoms with Gasteiger partial charge in [0.05, 0.1) is 0 Å². The van der Waals surface area contributed by atoms with Crippen molar-refractivity contribution in [2.24, 2.45) is 11.8 Å². The molecule has 0 aromatic rings. The van der Waals surface area contributed by atoms with Gasteiger partial charge in [0.2, 0.25) is 0 Å². The fraction of sp³-hybridized carbons (Fsp3) is 1.00. The van der Waals surface area contributed by atoms with Crippen LogP contribution < -0.4 is 0 Å². The maximum absolute atomic E-state index is 2.79. The minimum Gasteiger partial charge on any atom is -0.298 e. The highest BCUT2D eigenvalue weighted by atomic mass is 15.2. The van der Waals surface area contributed by atoms with E-state index in [1.165, 1.54) is 51.6 Å². The summed E-state index contributed by atoms with van der Waals surface area (Å²) in [6.07, 6.45) is 8.62. The van der Waals surface area contributed by atoms with Crippen LogP contribution in [0.5, 0.6) is 0 Å². The van der Waals surface area contributed by atoms with Gasteiger partial charge in [-0.15, -0.1) is 0 Å². The third-order valence-corrected chi connectivity index (χ3v) is 4.50. The number of hydrogen-bond donors (Lipinski definition) is 0. The van der Waals surface area contributed by atoms with Gasteiger partial charge in [-0.25, -0.2) is 0 Å². The summed E-state index contributed by atoms with van der Waals surface area (Å²) < 4.78 is 0. The summed E-state index contributed by atoms with van der Waals surface area (Å²) in [5.74, 6) is 1.86. The minimum atomic E-state index is 0.525. The summed E-state index contributed by atoms with van der Waals surface area (Å²) in [5, 5.41) is 0. The molecule has 0 amide bonds. The zero-order valence-corrected chi connectivity index (χ0v) is 10.8. The molecule has 1 nitrogen and oxygen atoms in total. The molecule has 88 valence electrons. The molecule has 0 unspecified atom stereocenters. The van der Waals surface area contributed by atoms with Crippen molar-refractivity contribution in [1.82, 2.24) is 4.90 Å². The molecular weight excluding hydrogens is 182 g/mol. The molecule has 1 heteroatoms. The molecule has 1 aliphatic heterocycles. The lowest BCUT2D eigenvalue weighted by molar-refractivity contribution is 0.0143. The van der Waals surface area contributed by atoms with Crippen molar-refractivity contribution >= 4 is 0 Å². The van der Waals surface area contributed by atoms with Crippen LogP contribution in [-0.2, 0) is 0 Å². The van der Waals surface area contributed by atoms with Crippen molar-refractivity contribution in [2.75, 3.05) is 13.1 Å². The highest BCUT2D eigenvalue weighted by molar-refractivity contribution is 4.94. The summed E-state index contributed by atoms with van der Waals surface area (Å²) in [6, 6.07) is 0. The lowest BCUT2D eigenvalue weighted by Gasteiger charge is -2.49. The van der Waals surface area contributed by atoms with Crippen LogP contribution in [0.25, 0.3) is 0 Å². The van der Waals surface area contributed by atoms with E-state index in [-0.39, 0.29) is 0 Å². The average molecular weight is 209 g/mol. The molecule has 2 fully saturated rings. The first kappa shape index (κ1) is 11.4. The van der Waals surface area contributed by atoms with Crippen LogP contribution in [-0.4, -0.2) is 23.5 Å². The second-order valence-electron chi connectivity index (χ2n) is 6.40. The van der Waals surface area contributed by atoms with Crippen LogP contribution in [0.15, 0.2) is 0 Å². The van der Waals surface area contributed by atoms with E-state index in [0.717, 1.165) is 11.8 Å². The van der Waals surface area contributed by atoms with E-state index >= 15 is 0 Å². The Balaban J connectivity index is 2.02. The molecule has 0 spiro atoms. The summed E-state index contributed by atoms with van der Waals surface area (Å²) >= 11 is 0. The van der Waals surface area contributed by atoms with Crippen LogP contribution in [0.3, 0.4) is 0 Å². The summed E-state index contributed by atoms with van der Waals surface area (Å²) in [7, 11) is 0. The van der Waals surface area contributed by atoms with E-state index < -0.39 is 0 Å². The molecule has 0 aromatic carbocycles.